The molecular weight excluding hydrogens is 737 g/mol. The summed E-state index contributed by atoms with van der Waals surface area (Å²) >= 11 is 0. The molecule has 298 valence electrons. The molecule has 0 bridgehead atoms. The Morgan fingerprint density at radius 3 is 1.49 bits per heavy atom. The highest BCUT2D eigenvalue weighted by Crippen LogP contribution is 2.64. The second-order valence-corrected chi connectivity index (χ2v) is 19.9. The van der Waals surface area contributed by atoms with Crippen molar-refractivity contribution in [2.75, 3.05) is 9.80 Å². The minimum atomic E-state index is 0.0595. The maximum absolute atomic E-state index is 2.66. The third-order valence-electron chi connectivity index (χ3n) is 17.3. The van der Waals surface area contributed by atoms with Gasteiger partial charge in [0, 0.05) is 33.6 Å². The summed E-state index contributed by atoms with van der Waals surface area (Å²) < 4.78 is 0. The van der Waals surface area contributed by atoms with Crippen LogP contribution in [0.2, 0.25) is 0 Å². The van der Waals surface area contributed by atoms with Crippen molar-refractivity contribution in [3.8, 4) is 33.4 Å². The molecule has 2 nitrogen and oxygen atoms in total. The van der Waals surface area contributed by atoms with Crippen LogP contribution in [-0.4, -0.2) is 11.1 Å². The normalized spacial score (nSPS) is 25.4. The van der Waals surface area contributed by atoms with E-state index in [1.54, 1.807) is 0 Å². The van der Waals surface area contributed by atoms with E-state index < -0.39 is 0 Å². The number of para-hydroxylation sites is 2. The van der Waals surface area contributed by atoms with Gasteiger partial charge >= 0.3 is 0 Å². The number of fused-ring (bicyclic) bond motifs is 14. The SMILES string of the molecule is CC12CCCC1(C)N(c1ccccc1)c1ccc(-c3ccc4c(c3)Cc3c-4c4ccccc4c4cc(-c5ccc6c(c5)C5(C)CCCC5(C)N6c5ccccc5)ccc34)cc12. The van der Waals surface area contributed by atoms with Gasteiger partial charge in [0.2, 0.25) is 0 Å². The molecule has 2 aliphatic heterocycles. The smallest absolute Gasteiger partial charge is 0.0517 e. The molecule has 0 amide bonds. The average Bonchev–Trinajstić information content (AvgIpc) is 4.02. The Labute approximate surface area is 360 Å². The van der Waals surface area contributed by atoms with E-state index in [0.717, 1.165) is 6.42 Å². The Morgan fingerprint density at radius 1 is 0.410 bits per heavy atom. The van der Waals surface area contributed by atoms with E-state index in [-0.39, 0.29) is 21.9 Å². The van der Waals surface area contributed by atoms with Crippen molar-refractivity contribution in [3.63, 3.8) is 0 Å². The molecule has 2 heteroatoms. The van der Waals surface area contributed by atoms with Crippen LogP contribution in [0.25, 0.3) is 54.9 Å². The van der Waals surface area contributed by atoms with E-state index in [9.17, 15) is 0 Å². The first-order chi connectivity index (χ1) is 29.7. The summed E-state index contributed by atoms with van der Waals surface area (Å²) in [6.07, 6.45) is 8.34. The molecule has 4 unspecified atom stereocenters. The minimum Gasteiger partial charge on any atom is -0.334 e. The highest BCUT2D eigenvalue weighted by molar-refractivity contribution is 6.18. The second-order valence-electron chi connectivity index (χ2n) is 19.9. The average molecular weight is 789 g/mol. The first kappa shape index (κ1) is 35.6. The first-order valence-electron chi connectivity index (χ1n) is 22.8. The van der Waals surface area contributed by atoms with Crippen molar-refractivity contribution in [3.05, 3.63) is 180 Å². The van der Waals surface area contributed by atoms with Gasteiger partial charge in [0.15, 0.2) is 0 Å². The third kappa shape index (κ3) is 4.53. The van der Waals surface area contributed by atoms with E-state index in [0.29, 0.717) is 0 Å². The van der Waals surface area contributed by atoms with Gasteiger partial charge in [-0.1, -0.05) is 130 Å². The predicted molar refractivity (Wildman–Crippen MR) is 257 cm³/mol. The molecule has 8 aromatic carbocycles. The van der Waals surface area contributed by atoms with Crippen molar-refractivity contribution in [2.45, 2.75) is 94.5 Å². The Bertz CT molecular complexity index is 3150. The molecule has 0 spiro atoms. The summed E-state index contributed by atoms with van der Waals surface area (Å²) in [5.41, 5.74) is 19.7. The number of benzene rings is 8. The van der Waals surface area contributed by atoms with Crippen LogP contribution in [0.15, 0.2) is 158 Å². The van der Waals surface area contributed by atoms with Crippen molar-refractivity contribution < 1.29 is 0 Å². The Kier molecular flexibility index (Phi) is 7.16. The van der Waals surface area contributed by atoms with Crippen LogP contribution in [0.4, 0.5) is 22.7 Å². The molecule has 0 saturated heterocycles. The molecule has 61 heavy (non-hydrogen) atoms. The van der Waals surface area contributed by atoms with Gasteiger partial charge in [-0.05, 0) is 178 Å². The molecule has 2 heterocycles. The topological polar surface area (TPSA) is 6.48 Å². The van der Waals surface area contributed by atoms with Crippen LogP contribution in [0.3, 0.4) is 0 Å². The Hall–Kier alpha value is -6.12. The lowest BCUT2D eigenvalue weighted by Crippen LogP contribution is -2.48. The quantitative estimate of drug-likeness (QED) is 0.164. The molecule has 0 aromatic heterocycles. The number of rotatable bonds is 4. The van der Waals surface area contributed by atoms with Crippen molar-refractivity contribution in [1.29, 1.82) is 0 Å². The molecule has 2 saturated carbocycles. The lowest BCUT2D eigenvalue weighted by Gasteiger charge is -2.42. The molecule has 3 aliphatic carbocycles. The highest BCUT2D eigenvalue weighted by Gasteiger charge is 2.60. The van der Waals surface area contributed by atoms with Crippen LogP contribution in [0.1, 0.15) is 88.5 Å². The fourth-order valence-corrected chi connectivity index (χ4v) is 13.8. The number of nitrogens with zero attached hydrogens (tertiary/aromatic N) is 2. The number of hydrogen-bond donors (Lipinski definition) is 0. The zero-order chi connectivity index (χ0) is 40.9. The summed E-state index contributed by atoms with van der Waals surface area (Å²) in [4.78, 5) is 5.32. The van der Waals surface area contributed by atoms with Gasteiger partial charge in [-0.2, -0.15) is 0 Å². The van der Waals surface area contributed by atoms with E-state index in [2.05, 4.69) is 195 Å². The van der Waals surface area contributed by atoms with Gasteiger partial charge in [-0.25, -0.2) is 0 Å². The number of anilines is 4. The molecule has 2 fully saturated rings. The summed E-state index contributed by atoms with van der Waals surface area (Å²) in [6, 6.07) is 60.6. The first-order valence-corrected chi connectivity index (χ1v) is 22.8. The Balaban J connectivity index is 0.896. The third-order valence-corrected chi connectivity index (χ3v) is 17.3. The van der Waals surface area contributed by atoms with E-state index in [4.69, 9.17) is 0 Å². The van der Waals surface area contributed by atoms with Gasteiger partial charge in [0.25, 0.3) is 0 Å². The van der Waals surface area contributed by atoms with Crippen LogP contribution >= 0.6 is 0 Å². The monoisotopic (exact) mass is 788 g/mol. The largest absolute Gasteiger partial charge is 0.334 e. The van der Waals surface area contributed by atoms with Gasteiger partial charge in [-0.15, -0.1) is 0 Å². The lowest BCUT2D eigenvalue weighted by molar-refractivity contribution is 0.330. The van der Waals surface area contributed by atoms with Crippen LogP contribution in [0.5, 0.6) is 0 Å². The second kappa shape index (κ2) is 12.3. The van der Waals surface area contributed by atoms with Crippen LogP contribution < -0.4 is 9.80 Å². The molecule has 5 aliphatic rings. The standard InChI is InChI=1S/C59H52N2/c1-56-29-13-31-58(56,3)60(43-15-7-5-8-16-43)53-27-23-40(36-51(53)56)38-21-25-45-42(33-38)35-50-47-26-22-39(34-49(47)46-19-11-12-20-48(46)55(45)50)41-24-28-54-52(37-41)57(2)30-14-32-59(57,4)61(54)44-17-9-6-10-18-44/h5-12,15-28,33-34,36-37H,13-14,29-32,35H2,1-4H3. The zero-order valence-electron chi connectivity index (χ0n) is 35.9. The molecular formula is C59H52N2. The molecule has 4 atom stereocenters. The summed E-state index contributed by atoms with van der Waals surface area (Å²) in [7, 11) is 0. The van der Waals surface area contributed by atoms with Gasteiger partial charge in [-0.3, -0.25) is 0 Å². The Morgan fingerprint density at radius 2 is 0.902 bits per heavy atom. The van der Waals surface area contributed by atoms with Crippen molar-refractivity contribution in [1.82, 2.24) is 0 Å². The fraction of sp³-hybridized carbons (Fsp3) is 0.254. The molecule has 8 aromatic rings. The zero-order valence-corrected chi connectivity index (χ0v) is 35.9. The fourth-order valence-electron chi connectivity index (χ4n) is 13.8. The van der Waals surface area contributed by atoms with Gasteiger partial charge in [0.1, 0.15) is 0 Å². The highest BCUT2D eigenvalue weighted by atomic mass is 15.3. The van der Waals surface area contributed by atoms with E-state index >= 15 is 0 Å². The maximum atomic E-state index is 2.66. The van der Waals surface area contributed by atoms with Crippen molar-refractivity contribution in [2.24, 2.45) is 0 Å². The minimum absolute atomic E-state index is 0.0595. The van der Waals surface area contributed by atoms with Gasteiger partial charge in [0.05, 0.1) is 11.1 Å². The summed E-state index contributed by atoms with van der Waals surface area (Å²) in [6.45, 7) is 10.1. The number of hydrogen-bond acceptors (Lipinski definition) is 2. The van der Waals surface area contributed by atoms with E-state index in [1.807, 2.05) is 0 Å². The summed E-state index contributed by atoms with van der Waals surface area (Å²) in [5.74, 6) is 0. The maximum Gasteiger partial charge on any atom is 0.0517 e. The van der Waals surface area contributed by atoms with Gasteiger partial charge < -0.3 is 9.80 Å². The lowest BCUT2D eigenvalue weighted by atomic mass is 9.72. The van der Waals surface area contributed by atoms with Crippen LogP contribution in [-0.2, 0) is 17.3 Å². The summed E-state index contributed by atoms with van der Waals surface area (Å²) in [5, 5.41) is 5.45. The molecule has 0 radical (unpaired) electrons. The molecule has 13 rings (SSSR count). The van der Waals surface area contributed by atoms with Crippen molar-refractivity contribution >= 4 is 44.3 Å². The van der Waals surface area contributed by atoms with E-state index in [1.165, 1.54) is 138 Å². The van der Waals surface area contributed by atoms with Crippen LogP contribution in [0, 0.1) is 0 Å². The predicted octanol–water partition coefficient (Wildman–Crippen LogP) is 15.6. The molecule has 0 N–H and O–H groups in total.